The number of unbranched alkanes of at least 4 members (excludes halogenated alkanes) is 1. The first-order chi connectivity index (χ1) is 17.3. The maximum absolute atomic E-state index is 13.5. The molecule has 0 unspecified atom stereocenters. The zero-order valence-corrected chi connectivity index (χ0v) is 23.5. The van der Waals surface area contributed by atoms with Crippen LogP contribution in [0, 0.1) is 17.3 Å². The number of amides is 2. The number of hydrogen-bond donors (Lipinski definition) is 3. The fourth-order valence-corrected chi connectivity index (χ4v) is 4.88. The number of hydrogen-bond acceptors (Lipinski definition) is 6. The van der Waals surface area contributed by atoms with E-state index in [2.05, 4.69) is 12.2 Å². The van der Waals surface area contributed by atoms with Crippen LogP contribution < -0.4 is 16.0 Å². The fraction of sp³-hybridized carbons (Fsp3) is 0.690. The molecule has 0 fully saturated rings. The first-order valence-electron chi connectivity index (χ1n) is 13.6. The van der Waals surface area contributed by atoms with Crippen LogP contribution in [0.5, 0.6) is 0 Å². The van der Waals surface area contributed by atoms with Crippen LogP contribution in [0.4, 0.5) is 5.69 Å². The van der Waals surface area contributed by atoms with Gasteiger partial charge in [0, 0.05) is 37.2 Å². The molecule has 37 heavy (non-hydrogen) atoms. The van der Waals surface area contributed by atoms with Crippen molar-refractivity contribution in [3.05, 3.63) is 29.8 Å². The van der Waals surface area contributed by atoms with Gasteiger partial charge in [-0.05, 0) is 56.6 Å². The third-order valence-corrected chi connectivity index (χ3v) is 6.92. The number of para-hydroxylation sites is 1. The van der Waals surface area contributed by atoms with E-state index in [1.807, 2.05) is 52.0 Å². The molecule has 4 atom stereocenters. The Morgan fingerprint density at radius 2 is 1.89 bits per heavy atom. The fourth-order valence-electron chi connectivity index (χ4n) is 4.88. The maximum atomic E-state index is 13.5. The molecular weight excluding hydrogens is 470 g/mol. The van der Waals surface area contributed by atoms with E-state index in [1.54, 1.807) is 11.8 Å². The van der Waals surface area contributed by atoms with Gasteiger partial charge in [-0.3, -0.25) is 14.4 Å². The van der Waals surface area contributed by atoms with E-state index in [0.717, 1.165) is 24.1 Å². The molecule has 1 aromatic carbocycles. The van der Waals surface area contributed by atoms with Gasteiger partial charge in [-0.25, -0.2) is 0 Å². The highest BCUT2D eigenvalue weighted by atomic mass is 16.5. The molecule has 8 heteroatoms. The lowest BCUT2D eigenvalue weighted by Gasteiger charge is -2.37. The molecule has 1 aliphatic rings. The number of nitrogens with two attached hydrogens (primary N) is 1. The Kier molecular flexibility index (Phi) is 11.6. The number of nitrogens with one attached hydrogen (secondary N) is 1. The molecule has 1 heterocycles. The van der Waals surface area contributed by atoms with Crippen LogP contribution in [0.2, 0.25) is 0 Å². The summed E-state index contributed by atoms with van der Waals surface area (Å²) in [4.78, 5) is 40.2. The summed E-state index contributed by atoms with van der Waals surface area (Å²) >= 11 is 0. The second-order valence-corrected chi connectivity index (χ2v) is 11.6. The average Bonchev–Trinajstić information content (AvgIpc) is 2.82. The Bertz CT molecular complexity index is 917. The van der Waals surface area contributed by atoms with Crippen LogP contribution in [-0.2, 0) is 25.5 Å². The highest BCUT2D eigenvalue weighted by Gasteiger charge is 2.36. The van der Waals surface area contributed by atoms with E-state index in [9.17, 15) is 19.5 Å². The predicted molar refractivity (Wildman–Crippen MR) is 146 cm³/mol. The summed E-state index contributed by atoms with van der Waals surface area (Å²) in [6.45, 7) is 12.3. The van der Waals surface area contributed by atoms with Crippen LogP contribution in [0.25, 0.3) is 0 Å². The Morgan fingerprint density at radius 1 is 1.22 bits per heavy atom. The Balaban J connectivity index is 2.02. The zero-order chi connectivity index (χ0) is 27.8. The number of aliphatic hydroxyl groups excluding tert-OH is 1. The number of carbonyl (C=O) groups is 3. The molecule has 8 nitrogen and oxygen atoms in total. The minimum absolute atomic E-state index is 0.0801. The van der Waals surface area contributed by atoms with Gasteiger partial charge in [0.25, 0.3) is 0 Å². The van der Waals surface area contributed by atoms with E-state index in [4.69, 9.17) is 10.5 Å². The van der Waals surface area contributed by atoms with Crippen molar-refractivity contribution in [1.82, 2.24) is 5.32 Å². The van der Waals surface area contributed by atoms with Crippen molar-refractivity contribution in [2.45, 2.75) is 98.3 Å². The predicted octanol–water partition coefficient (Wildman–Crippen LogP) is 3.58. The molecular formula is C29H47N3O5. The lowest BCUT2D eigenvalue weighted by atomic mass is 9.79. The summed E-state index contributed by atoms with van der Waals surface area (Å²) < 4.78 is 5.44. The van der Waals surface area contributed by atoms with Crippen LogP contribution >= 0.6 is 0 Å². The summed E-state index contributed by atoms with van der Waals surface area (Å²) in [5, 5.41) is 13.6. The van der Waals surface area contributed by atoms with Gasteiger partial charge in [0.2, 0.25) is 11.8 Å². The number of ether oxygens (including phenoxy) is 1. The van der Waals surface area contributed by atoms with E-state index in [-0.39, 0.29) is 49.2 Å². The van der Waals surface area contributed by atoms with Crippen LogP contribution in [-0.4, -0.2) is 54.2 Å². The molecule has 0 aromatic heterocycles. The van der Waals surface area contributed by atoms with Gasteiger partial charge >= 0.3 is 5.97 Å². The van der Waals surface area contributed by atoms with E-state index in [1.165, 1.54) is 0 Å². The molecule has 1 aliphatic heterocycles. The van der Waals surface area contributed by atoms with Gasteiger partial charge < -0.3 is 25.8 Å². The molecule has 2 amide bonds. The Labute approximate surface area is 222 Å². The zero-order valence-electron chi connectivity index (χ0n) is 23.5. The lowest BCUT2D eigenvalue weighted by molar-refractivity contribution is -0.152. The van der Waals surface area contributed by atoms with Crippen molar-refractivity contribution >= 4 is 23.5 Å². The topological polar surface area (TPSA) is 122 Å². The minimum Gasteiger partial charge on any atom is -0.463 e. The average molecular weight is 518 g/mol. The number of nitrogens with zero attached hydrogens (tertiary/aromatic N) is 1. The normalized spacial score (nSPS) is 18.1. The van der Waals surface area contributed by atoms with Crippen LogP contribution in [0.15, 0.2) is 24.3 Å². The second kappa shape index (κ2) is 13.9. The third kappa shape index (κ3) is 9.42. The minimum atomic E-state index is -0.854. The SMILES string of the molecule is CCCCNC(=O)[C@H](C)C[C@H](O)[C@@H](N)CC(C)(C)CC(=O)N1C[C@H](C(=O)OC(C)C)Cc2ccccc21. The lowest BCUT2D eigenvalue weighted by Crippen LogP contribution is -2.46. The number of rotatable bonds is 13. The summed E-state index contributed by atoms with van der Waals surface area (Å²) in [6, 6.07) is 7.08. The molecule has 0 saturated heterocycles. The first kappa shape index (κ1) is 30.8. The van der Waals surface area contributed by atoms with Crippen molar-refractivity contribution in [3.8, 4) is 0 Å². The number of anilines is 1. The maximum Gasteiger partial charge on any atom is 0.311 e. The monoisotopic (exact) mass is 517 g/mol. The van der Waals surface area contributed by atoms with E-state index < -0.39 is 23.5 Å². The largest absolute Gasteiger partial charge is 0.463 e. The summed E-state index contributed by atoms with van der Waals surface area (Å²) in [6.07, 6.45) is 2.28. The molecule has 0 bridgehead atoms. The van der Waals surface area contributed by atoms with E-state index in [0.29, 0.717) is 19.4 Å². The summed E-state index contributed by atoms with van der Waals surface area (Å²) in [5.74, 6) is -1.23. The van der Waals surface area contributed by atoms with Crippen molar-refractivity contribution in [3.63, 3.8) is 0 Å². The molecule has 0 aliphatic carbocycles. The van der Waals surface area contributed by atoms with Gasteiger partial charge in [-0.1, -0.05) is 52.3 Å². The van der Waals surface area contributed by atoms with E-state index >= 15 is 0 Å². The molecule has 0 radical (unpaired) electrons. The third-order valence-electron chi connectivity index (χ3n) is 6.92. The first-order valence-corrected chi connectivity index (χ1v) is 13.6. The summed E-state index contributed by atoms with van der Waals surface area (Å²) in [5.41, 5.74) is 7.62. The number of aliphatic hydroxyl groups is 1. The van der Waals surface area contributed by atoms with Gasteiger partial charge in [-0.15, -0.1) is 0 Å². The van der Waals surface area contributed by atoms with Crippen molar-refractivity contribution in [1.29, 1.82) is 0 Å². The number of esters is 1. The van der Waals surface area contributed by atoms with Gasteiger partial charge in [0.1, 0.15) is 0 Å². The molecule has 2 rings (SSSR count). The molecule has 0 spiro atoms. The standard InChI is InChI=1S/C29H47N3O5/c1-7-8-13-31-27(35)20(4)14-25(33)23(30)16-29(5,6)17-26(34)32-18-22(28(36)37-19(2)3)15-21-11-9-10-12-24(21)32/h9-12,19-20,22-23,25,33H,7-8,13-18,30H2,1-6H3,(H,31,35)/t20-,22-,23+,25+/m1/s1. The molecule has 4 N–H and O–H groups in total. The number of benzene rings is 1. The van der Waals surface area contributed by atoms with Gasteiger partial charge in [0.05, 0.1) is 18.1 Å². The Hall–Kier alpha value is -2.45. The molecule has 208 valence electrons. The molecule has 0 saturated carbocycles. The summed E-state index contributed by atoms with van der Waals surface area (Å²) in [7, 11) is 0. The highest BCUT2D eigenvalue weighted by molar-refractivity contribution is 5.96. The van der Waals surface area contributed by atoms with Crippen molar-refractivity contribution in [2.24, 2.45) is 23.0 Å². The van der Waals surface area contributed by atoms with Crippen molar-refractivity contribution < 1.29 is 24.2 Å². The van der Waals surface area contributed by atoms with Crippen LogP contribution in [0.3, 0.4) is 0 Å². The quantitative estimate of drug-likeness (QED) is 0.272. The number of carbonyl (C=O) groups excluding carboxylic acids is 3. The van der Waals surface area contributed by atoms with Crippen LogP contribution in [0.1, 0.15) is 79.2 Å². The highest BCUT2D eigenvalue weighted by Crippen LogP contribution is 2.34. The van der Waals surface area contributed by atoms with Crippen molar-refractivity contribution in [2.75, 3.05) is 18.0 Å². The smallest absolute Gasteiger partial charge is 0.311 e. The van der Waals surface area contributed by atoms with Gasteiger partial charge in [0.15, 0.2) is 0 Å². The van der Waals surface area contributed by atoms with Gasteiger partial charge in [-0.2, -0.15) is 0 Å². The second-order valence-electron chi connectivity index (χ2n) is 11.6. The Morgan fingerprint density at radius 3 is 2.54 bits per heavy atom. The number of fused-ring (bicyclic) bond motifs is 1. The molecule has 1 aromatic rings.